The second kappa shape index (κ2) is 15.8. The summed E-state index contributed by atoms with van der Waals surface area (Å²) in [7, 11) is 0. The Morgan fingerprint density at radius 2 is 1.58 bits per heavy atom. The molecule has 0 aliphatic rings. The SMILES string of the molecule is CCC[CH2][Sn+2][CH2]CCC.N[C@@H](CCC(=O)[O-])C(=O)[O-]. The van der Waals surface area contributed by atoms with E-state index in [2.05, 4.69) is 13.8 Å². The van der Waals surface area contributed by atoms with Gasteiger partial charge in [0, 0.05) is 12.0 Å². The molecular weight excluding hydrogens is 353 g/mol. The standard InChI is InChI=1S/C5H9NO4.2C4H9.Sn/c6-3(5(9)10)1-2-4(7)8;2*1-3-4-2;/h3H,1-2,6H2,(H,7,8)(H,9,10);2*1,3-4H2,2H3;/q;;;+2/p-2/t3-;;;/m0.../s1. The molecule has 19 heavy (non-hydrogen) atoms. The zero-order chi connectivity index (χ0) is 15.1. The number of carbonyl (C=O) groups excluding carboxylic acids is 2. The van der Waals surface area contributed by atoms with Crippen molar-refractivity contribution < 1.29 is 19.8 Å². The first-order valence-electron chi connectivity index (χ1n) is 6.82. The predicted octanol–water partition coefficient (Wildman–Crippen LogP) is -0.279. The summed E-state index contributed by atoms with van der Waals surface area (Å²) in [5.74, 6) is -2.75. The van der Waals surface area contributed by atoms with Gasteiger partial charge in [-0.1, -0.05) is 0 Å². The Morgan fingerprint density at radius 3 is 1.89 bits per heavy atom. The monoisotopic (exact) mass is 379 g/mol. The van der Waals surface area contributed by atoms with Crippen LogP contribution >= 0.6 is 0 Å². The fourth-order valence-electron chi connectivity index (χ4n) is 1.12. The Kier molecular flexibility index (Phi) is 17.4. The first-order valence-corrected chi connectivity index (χ1v) is 10.9. The van der Waals surface area contributed by atoms with E-state index in [0.717, 1.165) is 0 Å². The van der Waals surface area contributed by atoms with Crippen molar-refractivity contribution in [2.24, 2.45) is 5.73 Å². The fraction of sp³-hybridized carbons (Fsp3) is 0.846. The van der Waals surface area contributed by atoms with Gasteiger partial charge in [-0.05, 0) is 12.8 Å². The molecule has 1 atom stereocenters. The smallest absolute Gasteiger partial charge is 0.0582 e. The molecule has 0 aliphatic carbocycles. The summed E-state index contributed by atoms with van der Waals surface area (Å²) in [6.45, 7) is 4.58. The normalized spacial score (nSPS) is 10.9. The second-order valence-corrected chi connectivity index (χ2v) is 8.57. The number of nitrogens with two attached hydrogens (primary N) is 1. The van der Waals surface area contributed by atoms with Gasteiger partial charge in [-0.2, -0.15) is 0 Å². The van der Waals surface area contributed by atoms with E-state index < -0.39 is 18.0 Å². The Labute approximate surface area is 126 Å². The molecule has 2 N–H and O–H groups in total. The molecule has 0 aromatic heterocycles. The van der Waals surface area contributed by atoms with Crippen molar-refractivity contribution in [2.75, 3.05) is 0 Å². The van der Waals surface area contributed by atoms with Gasteiger partial charge in [-0.3, -0.25) is 0 Å². The van der Waals surface area contributed by atoms with Crippen LogP contribution in [0.4, 0.5) is 0 Å². The van der Waals surface area contributed by atoms with E-state index in [4.69, 9.17) is 5.73 Å². The van der Waals surface area contributed by atoms with Crippen LogP contribution in [0.15, 0.2) is 0 Å². The van der Waals surface area contributed by atoms with E-state index in [9.17, 15) is 19.8 Å². The molecule has 110 valence electrons. The van der Waals surface area contributed by atoms with Crippen LogP contribution in [0.25, 0.3) is 0 Å². The number of hydrogen-bond acceptors (Lipinski definition) is 5. The molecular formula is C13H25NO4Sn. The molecule has 0 saturated carbocycles. The van der Waals surface area contributed by atoms with Crippen LogP contribution in [0.1, 0.15) is 52.4 Å². The van der Waals surface area contributed by atoms with Crippen molar-refractivity contribution >= 4 is 33.1 Å². The number of carboxylic acid groups (broad SMARTS) is 2. The summed E-state index contributed by atoms with van der Waals surface area (Å²) in [6.07, 6.45) is 5.34. The van der Waals surface area contributed by atoms with Gasteiger partial charge in [0.2, 0.25) is 0 Å². The number of unbranched alkanes of at least 4 members (excludes halogenated alkanes) is 2. The van der Waals surface area contributed by atoms with Gasteiger partial charge < -0.3 is 25.5 Å². The van der Waals surface area contributed by atoms with Crippen LogP contribution in [0.2, 0.25) is 8.87 Å². The summed E-state index contributed by atoms with van der Waals surface area (Å²) < 4.78 is 3.25. The van der Waals surface area contributed by atoms with Crippen molar-refractivity contribution in [1.82, 2.24) is 0 Å². The van der Waals surface area contributed by atoms with Gasteiger partial charge in [-0.15, -0.1) is 0 Å². The second-order valence-electron chi connectivity index (χ2n) is 4.29. The molecule has 0 fully saturated rings. The van der Waals surface area contributed by atoms with Gasteiger partial charge in [0.05, 0.1) is 5.97 Å². The fourth-order valence-corrected chi connectivity index (χ4v) is 5.28. The molecule has 0 spiro atoms. The molecule has 0 aromatic carbocycles. The summed E-state index contributed by atoms with van der Waals surface area (Å²) in [5, 5.41) is 19.6. The minimum Gasteiger partial charge on any atom is -0.550 e. The van der Waals surface area contributed by atoms with Gasteiger partial charge >= 0.3 is 69.5 Å². The van der Waals surface area contributed by atoms with Crippen LogP contribution in [0, 0.1) is 0 Å². The van der Waals surface area contributed by atoms with Crippen molar-refractivity contribution in [2.45, 2.75) is 67.3 Å². The van der Waals surface area contributed by atoms with Crippen molar-refractivity contribution in [3.05, 3.63) is 0 Å². The van der Waals surface area contributed by atoms with Gasteiger partial charge in [0.25, 0.3) is 0 Å². The number of carboxylic acids is 2. The Hall–Kier alpha value is -0.301. The quantitative estimate of drug-likeness (QED) is 0.416. The van der Waals surface area contributed by atoms with Crippen LogP contribution in [-0.2, 0) is 9.59 Å². The molecule has 0 aromatic rings. The molecule has 0 radical (unpaired) electrons. The Balaban J connectivity index is 0. The summed E-state index contributed by atoms with van der Waals surface area (Å²) in [5.41, 5.74) is 4.91. The number of carbonyl (C=O) groups is 2. The molecule has 0 aliphatic heterocycles. The molecule has 6 heteroatoms. The number of rotatable bonds is 10. The summed E-state index contributed by atoms with van der Waals surface area (Å²) >= 11 is 0.149. The minimum atomic E-state index is -1.44. The third-order valence-corrected chi connectivity index (χ3v) is 6.41. The van der Waals surface area contributed by atoms with Crippen LogP contribution in [0.5, 0.6) is 0 Å². The topological polar surface area (TPSA) is 106 Å². The summed E-state index contributed by atoms with van der Waals surface area (Å²) in [4.78, 5) is 19.6. The van der Waals surface area contributed by atoms with Crippen molar-refractivity contribution in [3.8, 4) is 0 Å². The maximum absolute atomic E-state index is 9.86. The van der Waals surface area contributed by atoms with Crippen molar-refractivity contribution in [3.63, 3.8) is 0 Å². The number of aliphatic carboxylic acids is 2. The van der Waals surface area contributed by atoms with E-state index in [1.807, 2.05) is 0 Å². The first-order chi connectivity index (χ1) is 8.95. The zero-order valence-corrected chi connectivity index (χ0v) is 14.8. The van der Waals surface area contributed by atoms with Crippen LogP contribution in [-0.4, -0.2) is 39.1 Å². The number of hydrogen-bond donors (Lipinski definition) is 1. The molecule has 5 nitrogen and oxygen atoms in total. The van der Waals surface area contributed by atoms with E-state index >= 15 is 0 Å². The van der Waals surface area contributed by atoms with Crippen LogP contribution in [0.3, 0.4) is 0 Å². The van der Waals surface area contributed by atoms with Gasteiger partial charge in [0.15, 0.2) is 0 Å². The van der Waals surface area contributed by atoms with Crippen LogP contribution < -0.4 is 15.9 Å². The van der Waals surface area contributed by atoms with E-state index in [1.165, 1.54) is 25.7 Å². The Bertz CT molecular complexity index is 231. The molecule has 0 amide bonds. The average Bonchev–Trinajstić information content (AvgIpc) is 2.36. The largest absolute Gasteiger partial charge is 0.550 e. The van der Waals surface area contributed by atoms with E-state index in [1.54, 1.807) is 8.87 Å². The maximum atomic E-state index is 9.86. The van der Waals surface area contributed by atoms with E-state index in [0.29, 0.717) is 0 Å². The first kappa shape index (κ1) is 21.0. The third-order valence-electron chi connectivity index (χ3n) is 2.38. The van der Waals surface area contributed by atoms with Gasteiger partial charge in [0.1, 0.15) is 0 Å². The zero-order valence-electron chi connectivity index (χ0n) is 11.9. The minimum absolute atomic E-state index is 0.148. The predicted molar refractivity (Wildman–Crippen MR) is 72.4 cm³/mol. The molecule has 0 rings (SSSR count). The van der Waals surface area contributed by atoms with Crippen molar-refractivity contribution in [1.29, 1.82) is 0 Å². The molecule has 0 heterocycles. The maximum Gasteiger partial charge on any atom is 0.0582 e. The summed E-state index contributed by atoms with van der Waals surface area (Å²) in [6, 6.07) is -1.21. The molecule has 0 saturated heterocycles. The third kappa shape index (κ3) is 20.2. The van der Waals surface area contributed by atoms with E-state index in [-0.39, 0.29) is 34.0 Å². The molecule has 0 unspecified atom stereocenters. The molecule has 0 bridgehead atoms. The average molecular weight is 378 g/mol. The Morgan fingerprint density at radius 1 is 1.11 bits per heavy atom. The van der Waals surface area contributed by atoms with Gasteiger partial charge in [-0.25, -0.2) is 0 Å².